The topological polar surface area (TPSA) is 105 Å². The number of aromatic nitrogens is 3. The van der Waals surface area contributed by atoms with E-state index < -0.39 is 0 Å². The number of carbonyl (C=O) groups is 1. The summed E-state index contributed by atoms with van der Waals surface area (Å²) >= 11 is 3.62. The molecule has 1 aromatic carbocycles. The van der Waals surface area contributed by atoms with Crippen molar-refractivity contribution in [3.8, 4) is 5.75 Å². The van der Waals surface area contributed by atoms with Crippen molar-refractivity contribution in [1.29, 1.82) is 0 Å². The van der Waals surface area contributed by atoms with Crippen molar-refractivity contribution in [1.82, 2.24) is 19.9 Å². The normalized spacial score (nSPS) is 21.2. The van der Waals surface area contributed by atoms with E-state index in [1.54, 1.807) is 7.11 Å². The van der Waals surface area contributed by atoms with Crippen LogP contribution in [0.3, 0.4) is 0 Å². The lowest BCUT2D eigenvalue weighted by Crippen LogP contribution is -2.41. The predicted molar refractivity (Wildman–Crippen MR) is 118 cm³/mol. The highest BCUT2D eigenvalue weighted by atomic mass is 79.9. The molecule has 3 aliphatic rings. The zero-order valence-electron chi connectivity index (χ0n) is 16.7. The third kappa shape index (κ3) is 2.93. The number of halogens is 1. The van der Waals surface area contributed by atoms with E-state index in [9.17, 15) is 4.79 Å². The summed E-state index contributed by atoms with van der Waals surface area (Å²) in [6.45, 7) is 1.88. The van der Waals surface area contributed by atoms with Crippen LogP contribution in [0.15, 0.2) is 27.9 Å². The van der Waals surface area contributed by atoms with Crippen LogP contribution in [0.2, 0.25) is 0 Å². The number of benzene rings is 1. The number of hydrogen-bond acceptors (Lipinski definition) is 7. The Morgan fingerprint density at radius 1 is 1.39 bits per heavy atom. The van der Waals surface area contributed by atoms with Crippen LogP contribution in [0, 0.1) is 0 Å². The molecule has 158 valence electrons. The minimum absolute atomic E-state index is 0.0575. The minimum Gasteiger partial charge on any atom is -0.495 e. The molecule has 1 amide bonds. The molecule has 2 aromatic heterocycles. The maximum atomic E-state index is 13.2. The number of anilines is 2. The van der Waals surface area contributed by atoms with Crippen LogP contribution in [-0.4, -0.2) is 64.4 Å². The van der Waals surface area contributed by atoms with Gasteiger partial charge < -0.3 is 24.7 Å². The third-order valence-electron chi connectivity index (χ3n) is 6.11. The van der Waals surface area contributed by atoms with Crippen molar-refractivity contribution < 1.29 is 14.3 Å². The van der Waals surface area contributed by atoms with E-state index in [4.69, 9.17) is 9.47 Å². The number of morpholine rings is 1. The third-order valence-corrected chi connectivity index (χ3v) is 6.90. The van der Waals surface area contributed by atoms with E-state index in [1.165, 1.54) is 6.33 Å². The SMILES string of the molecule is COc1cc2c(cc1Nc1ncnc3[nH]c(C(=O)N4C[C@@H]5C[C@H]4CO5)c(Br)c13)C=NC2. The number of amides is 1. The summed E-state index contributed by atoms with van der Waals surface area (Å²) in [6, 6.07) is 4.11. The zero-order valence-corrected chi connectivity index (χ0v) is 18.3. The lowest BCUT2D eigenvalue weighted by atomic mass is 10.1. The van der Waals surface area contributed by atoms with Crippen molar-refractivity contribution in [3.05, 3.63) is 39.8 Å². The molecule has 2 atom stereocenters. The van der Waals surface area contributed by atoms with Gasteiger partial charge in [-0.05, 0) is 45.6 Å². The van der Waals surface area contributed by atoms with Gasteiger partial charge in [0, 0.05) is 12.8 Å². The number of nitrogens with one attached hydrogen (secondary N) is 2. The van der Waals surface area contributed by atoms with Gasteiger partial charge in [0.2, 0.25) is 0 Å². The monoisotopic (exact) mass is 482 g/mol. The Kier molecular flexibility index (Phi) is 4.25. The van der Waals surface area contributed by atoms with Crippen molar-refractivity contribution in [2.45, 2.75) is 25.1 Å². The summed E-state index contributed by atoms with van der Waals surface area (Å²) in [5, 5.41) is 4.06. The molecule has 0 aliphatic carbocycles. The molecule has 0 radical (unpaired) electrons. The number of hydrogen-bond donors (Lipinski definition) is 2. The van der Waals surface area contributed by atoms with E-state index in [0.29, 0.717) is 52.5 Å². The molecule has 9 nitrogen and oxygen atoms in total. The smallest absolute Gasteiger partial charge is 0.271 e. The number of nitrogens with zero attached hydrogens (tertiary/aromatic N) is 4. The fourth-order valence-electron chi connectivity index (χ4n) is 4.55. The average Bonchev–Trinajstić information content (AvgIpc) is 3.56. The molecule has 6 rings (SSSR count). The second-order valence-corrected chi connectivity index (χ2v) is 8.70. The fourth-order valence-corrected chi connectivity index (χ4v) is 5.20. The van der Waals surface area contributed by atoms with Crippen LogP contribution >= 0.6 is 15.9 Å². The second kappa shape index (κ2) is 7.03. The number of H-pyrrole nitrogens is 1. The van der Waals surface area contributed by atoms with Crippen molar-refractivity contribution in [2.75, 3.05) is 25.6 Å². The highest BCUT2D eigenvalue weighted by Gasteiger charge is 2.42. The van der Waals surface area contributed by atoms with E-state index in [2.05, 4.69) is 41.2 Å². The van der Waals surface area contributed by atoms with Crippen molar-refractivity contribution >= 4 is 50.6 Å². The van der Waals surface area contributed by atoms with Crippen LogP contribution in [-0.2, 0) is 11.3 Å². The number of carbonyl (C=O) groups excluding carboxylic acids is 1. The first-order valence-electron chi connectivity index (χ1n) is 10.0. The molecule has 0 unspecified atom stereocenters. The maximum Gasteiger partial charge on any atom is 0.271 e. The van der Waals surface area contributed by atoms with Crippen molar-refractivity contribution in [3.63, 3.8) is 0 Å². The molecule has 2 N–H and O–H groups in total. The fraction of sp³-hybridized carbons (Fsp3) is 0.333. The first-order valence-corrected chi connectivity index (χ1v) is 10.8. The first-order chi connectivity index (χ1) is 15.1. The van der Waals surface area contributed by atoms with Gasteiger partial charge in [0.1, 0.15) is 29.2 Å². The Balaban J connectivity index is 1.39. The Morgan fingerprint density at radius 3 is 3.06 bits per heavy atom. The van der Waals surface area contributed by atoms with E-state index in [1.807, 2.05) is 23.2 Å². The lowest BCUT2D eigenvalue weighted by Gasteiger charge is -2.26. The van der Waals surface area contributed by atoms with Gasteiger partial charge in [-0.15, -0.1) is 0 Å². The molecule has 0 saturated carbocycles. The number of fused-ring (bicyclic) bond motifs is 4. The first kappa shape index (κ1) is 18.8. The molecular formula is C21H19BrN6O3. The summed E-state index contributed by atoms with van der Waals surface area (Å²) in [6.07, 6.45) is 4.36. The van der Waals surface area contributed by atoms with Gasteiger partial charge in [-0.2, -0.15) is 0 Å². The summed E-state index contributed by atoms with van der Waals surface area (Å²) in [5.41, 5.74) is 3.98. The van der Waals surface area contributed by atoms with Gasteiger partial charge in [0.25, 0.3) is 5.91 Å². The number of ether oxygens (including phenoxy) is 2. The largest absolute Gasteiger partial charge is 0.495 e. The summed E-state index contributed by atoms with van der Waals surface area (Å²) in [7, 11) is 1.63. The van der Waals surface area contributed by atoms with Gasteiger partial charge in [-0.1, -0.05) is 0 Å². The minimum atomic E-state index is -0.0575. The van der Waals surface area contributed by atoms with Crippen LogP contribution in [0.5, 0.6) is 5.75 Å². The van der Waals surface area contributed by atoms with E-state index in [0.717, 1.165) is 23.2 Å². The molecule has 10 heteroatoms. The van der Waals surface area contributed by atoms with Gasteiger partial charge in [-0.3, -0.25) is 9.79 Å². The van der Waals surface area contributed by atoms with Crippen molar-refractivity contribution in [2.24, 2.45) is 4.99 Å². The van der Waals surface area contributed by atoms with Crippen LogP contribution in [0.1, 0.15) is 28.0 Å². The van der Waals surface area contributed by atoms with Crippen LogP contribution in [0.25, 0.3) is 11.0 Å². The lowest BCUT2D eigenvalue weighted by molar-refractivity contribution is 0.0255. The number of likely N-dealkylation sites (tertiary alicyclic amines) is 1. The highest BCUT2D eigenvalue weighted by Crippen LogP contribution is 2.38. The molecule has 2 saturated heterocycles. The summed E-state index contributed by atoms with van der Waals surface area (Å²) in [5.74, 6) is 1.22. The molecule has 0 spiro atoms. The Labute approximate surface area is 186 Å². The van der Waals surface area contributed by atoms with Crippen LogP contribution in [0.4, 0.5) is 11.5 Å². The quantitative estimate of drug-likeness (QED) is 0.592. The number of aliphatic imine (C=N–C) groups is 1. The molecule has 2 fully saturated rings. The Hall–Kier alpha value is -2.98. The Bertz CT molecular complexity index is 1260. The maximum absolute atomic E-state index is 13.2. The number of rotatable bonds is 4. The number of methoxy groups -OCH3 is 1. The van der Waals surface area contributed by atoms with Gasteiger partial charge in [0.15, 0.2) is 0 Å². The van der Waals surface area contributed by atoms with E-state index in [-0.39, 0.29) is 18.1 Å². The number of aromatic amines is 1. The summed E-state index contributed by atoms with van der Waals surface area (Å²) in [4.78, 5) is 31.4. The van der Waals surface area contributed by atoms with E-state index >= 15 is 0 Å². The van der Waals surface area contributed by atoms with Gasteiger partial charge in [0.05, 0.1) is 48.0 Å². The zero-order chi connectivity index (χ0) is 21.1. The molecule has 31 heavy (non-hydrogen) atoms. The van der Waals surface area contributed by atoms with Crippen LogP contribution < -0.4 is 10.1 Å². The summed E-state index contributed by atoms with van der Waals surface area (Å²) < 4.78 is 11.8. The second-order valence-electron chi connectivity index (χ2n) is 7.91. The average molecular weight is 483 g/mol. The standard InChI is InChI=1S/C21H19BrN6O3/c1-30-15-3-11-6-23-5-10(11)2-14(15)26-19-16-17(22)18(27-20(16)25-9-24-19)21(29)28-7-13-4-12(28)8-31-13/h2-3,5,9,12-13H,4,6-8H2,1H3,(H2,24,25,26,27)/t12-,13-/m0/s1. The molecule has 3 aromatic rings. The molecule has 2 bridgehead atoms. The Morgan fingerprint density at radius 2 is 2.29 bits per heavy atom. The molecule has 5 heterocycles. The van der Waals surface area contributed by atoms with Gasteiger partial charge >= 0.3 is 0 Å². The molecular weight excluding hydrogens is 464 g/mol. The highest BCUT2D eigenvalue weighted by molar-refractivity contribution is 9.10. The van der Waals surface area contributed by atoms with Gasteiger partial charge in [-0.25, -0.2) is 9.97 Å². The predicted octanol–water partition coefficient (Wildman–Crippen LogP) is 3.02. The molecule has 3 aliphatic heterocycles.